The minimum absolute atomic E-state index is 0.249. The van der Waals surface area contributed by atoms with E-state index in [0.29, 0.717) is 26.4 Å². The number of likely N-dealkylation sites (N-methyl/N-ethyl adjacent to an activating group) is 1. The number of anilines is 1. The average molecular weight is 400 g/mol. The Kier molecular flexibility index (Phi) is 5.78. The number of quaternary nitrogens is 1. The zero-order valence-electron chi connectivity index (χ0n) is 14.1. The lowest BCUT2D eigenvalue weighted by molar-refractivity contribution is -0.913. The third-order valence-corrected chi connectivity index (χ3v) is 6.61. The Labute approximate surface area is 159 Å². The summed E-state index contributed by atoms with van der Waals surface area (Å²) in [6, 6.07) is 3.37. The zero-order valence-corrected chi connectivity index (χ0v) is 16.5. The van der Waals surface area contributed by atoms with Crippen LogP contribution in [0.3, 0.4) is 0 Å². The molecule has 2 N–H and O–H groups in total. The number of fused-ring (bicyclic) bond motifs is 1. The van der Waals surface area contributed by atoms with Crippen LogP contribution in [0.25, 0.3) is 0 Å². The molecule has 0 aromatic carbocycles. The number of thiophene rings is 2. The molecule has 2 aromatic rings. The number of hydrogen-bond donors (Lipinski definition) is 2. The molecule has 3 rings (SSSR count). The second kappa shape index (κ2) is 7.86. The third kappa shape index (κ3) is 3.89. The third-order valence-electron chi connectivity index (χ3n) is 4.23. The predicted molar refractivity (Wildman–Crippen MR) is 101 cm³/mol. The molecule has 0 saturated carbocycles. The van der Waals surface area contributed by atoms with E-state index in [9.17, 15) is 9.59 Å². The van der Waals surface area contributed by atoms with E-state index < -0.39 is 0 Å². The SMILES string of the molecule is CCOC(=O)c1c(NC(=O)c2ccc(Cl)s2)sc2c1CC[NH+](CC)C2. The van der Waals surface area contributed by atoms with Gasteiger partial charge < -0.3 is 15.0 Å². The van der Waals surface area contributed by atoms with Gasteiger partial charge in [-0.3, -0.25) is 4.79 Å². The Morgan fingerprint density at radius 2 is 2.12 bits per heavy atom. The van der Waals surface area contributed by atoms with Crippen LogP contribution in [0.1, 0.15) is 44.3 Å². The Bertz CT molecular complexity index is 800. The van der Waals surface area contributed by atoms with Gasteiger partial charge >= 0.3 is 5.97 Å². The predicted octanol–water partition coefficient (Wildman–Crippen LogP) is 2.85. The number of carbonyl (C=O) groups excluding carboxylic acids is 2. The van der Waals surface area contributed by atoms with Crippen LogP contribution in [-0.2, 0) is 17.7 Å². The molecule has 0 aliphatic carbocycles. The number of nitrogens with one attached hydrogen (secondary N) is 2. The standard InChI is InChI=1S/C17H19ClN2O3S2/c1-3-20-8-7-10-12(9-20)25-16(14(10)17(22)23-4-2)19-15(21)11-5-6-13(18)24-11/h5-6H,3-4,7-9H2,1-2H3,(H,19,21)/p+1. The summed E-state index contributed by atoms with van der Waals surface area (Å²) in [6.07, 6.45) is 0.823. The molecule has 1 amide bonds. The van der Waals surface area contributed by atoms with Gasteiger partial charge in [-0.1, -0.05) is 11.6 Å². The van der Waals surface area contributed by atoms with Gasteiger partial charge in [0.25, 0.3) is 5.91 Å². The van der Waals surface area contributed by atoms with Crippen LogP contribution < -0.4 is 10.2 Å². The second-order valence-electron chi connectivity index (χ2n) is 5.77. The van der Waals surface area contributed by atoms with Gasteiger partial charge in [0.15, 0.2) is 0 Å². The van der Waals surface area contributed by atoms with Crippen molar-refractivity contribution >= 4 is 51.2 Å². The van der Waals surface area contributed by atoms with E-state index in [0.717, 1.165) is 36.5 Å². The van der Waals surface area contributed by atoms with Crippen LogP contribution in [-0.4, -0.2) is 31.6 Å². The summed E-state index contributed by atoms with van der Waals surface area (Å²) in [6.45, 7) is 7.16. The van der Waals surface area contributed by atoms with Crippen molar-refractivity contribution < 1.29 is 19.2 Å². The molecule has 134 valence electrons. The van der Waals surface area contributed by atoms with Gasteiger partial charge in [-0.05, 0) is 31.5 Å². The van der Waals surface area contributed by atoms with Gasteiger partial charge in [-0.2, -0.15) is 0 Å². The second-order valence-corrected chi connectivity index (χ2v) is 8.59. The monoisotopic (exact) mass is 399 g/mol. The van der Waals surface area contributed by atoms with Crippen LogP contribution in [0.5, 0.6) is 0 Å². The Morgan fingerprint density at radius 3 is 2.76 bits per heavy atom. The minimum Gasteiger partial charge on any atom is -0.462 e. The number of halogens is 1. The first-order valence-corrected chi connectivity index (χ1v) is 10.3. The first kappa shape index (κ1) is 18.4. The molecule has 2 aromatic heterocycles. The fraction of sp³-hybridized carbons (Fsp3) is 0.412. The van der Waals surface area contributed by atoms with Crippen LogP contribution in [0.15, 0.2) is 12.1 Å². The van der Waals surface area contributed by atoms with Gasteiger partial charge in [-0.15, -0.1) is 22.7 Å². The van der Waals surface area contributed by atoms with Crippen molar-refractivity contribution in [3.8, 4) is 0 Å². The Hall–Kier alpha value is -1.41. The lowest BCUT2D eigenvalue weighted by Gasteiger charge is -2.22. The summed E-state index contributed by atoms with van der Waals surface area (Å²) in [4.78, 5) is 28.1. The molecule has 0 spiro atoms. The van der Waals surface area contributed by atoms with E-state index in [1.54, 1.807) is 19.1 Å². The first-order chi connectivity index (χ1) is 12.0. The normalized spacial score (nSPS) is 16.4. The Morgan fingerprint density at radius 1 is 1.32 bits per heavy atom. The largest absolute Gasteiger partial charge is 0.462 e. The van der Waals surface area contributed by atoms with E-state index in [1.807, 2.05) is 0 Å². The molecule has 1 unspecified atom stereocenters. The summed E-state index contributed by atoms with van der Waals surface area (Å²) in [5.41, 5.74) is 1.55. The fourth-order valence-corrected chi connectivity index (χ4v) is 5.19. The number of carbonyl (C=O) groups is 2. The van der Waals surface area contributed by atoms with E-state index in [-0.39, 0.29) is 11.9 Å². The van der Waals surface area contributed by atoms with Crippen LogP contribution in [0.4, 0.5) is 5.00 Å². The summed E-state index contributed by atoms with van der Waals surface area (Å²) >= 11 is 8.61. The number of ether oxygens (including phenoxy) is 1. The van der Waals surface area contributed by atoms with Crippen molar-refractivity contribution in [2.24, 2.45) is 0 Å². The van der Waals surface area contributed by atoms with Crippen LogP contribution in [0, 0.1) is 0 Å². The van der Waals surface area contributed by atoms with Crippen molar-refractivity contribution in [3.63, 3.8) is 0 Å². The minimum atomic E-state index is -0.362. The summed E-state index contributed by atoms with van der Waals surface area (Å²) in [7, 11) is 0. The molecule has 8 heteroatoms. The summed E-state index contributed by atoms with van der Waals surface area (Å²) in [5, 5.41) is 3.47. The van der Waals surface area contributed by atoms with E-state index in [4.69, 9.17) is 16.3 Å². The Balaban J connectivity index is 1.93. The molecule has 0 fully saturated rings. The number of hydrogen-bond acceptors (Lipinski definition) is 5. The first-order valence-electron chi connectivity index (χ1n) is 8.25. The van der Waals surface area contributed by atoms with Gasteiger partial charge in [-0.25, -0.2) is 4.79 Å². The van der Waals surface area contributed by atoms with Gasteiger partial charge in [0.1, 0.15) is 11.5 Å². The quantitative estimate of drug-likeness (QED) is 0.760. The van der Waals surface area contributed by atoms with E-state index >= 15 is 0 Å². The maximum absolute atomic E-state index is 12.5. The maximum Gasteiger partial charge on any atom is 0.341 e. The van der Waals surface area contributed by atoms with Crippen molar-refractivity contribution in [2.75, 3.05) is 25.0 Å². The molecule has 0 saturated heterocycles. The van der Waals surface area contributed by atoms with E-state index in [2.05, 4.69) is 12.2 Å². The highest BCUT2D eigenvalue weighted by atomic mass is 35.5. The molecule has 0 bridgehead atoms. The summed E-state index contributed by atoms with van der Waals surface area (Å²) in [5.74, 6) is -0.611. The molecule has 25 heavy (non-hydrogen) atoms. The molecule has 1 aliphatic heterocycles. The fourth-order valence-electron chi connectivity index (χ4n) is 2.95. The molecule has 5 nitrogen and oxygen atoms in total. The highest BCUT2D eigenvalue weighted by Crippen LogP contribution is 2.36. The molecule has 0 radical (unpaired) electrons. The molecular weight excluding hydrogens is 380 g/mol. The highest BCUT2D eigenvalue weighted by Gasteiger charge is 2.31. The number of rotatable bonds is 5. The van der Waals surface area contributed by atoms with E-state index in [1.165, 1.54) is 27.6 Å². The van der Waals surface area contributed by atoms with Crippen molar-refractivity contribution in [2.45, 2.75) is 26.8 Å². The summed E-state index contributed by atoms with van der Waals surface area (Å²) < 4.78 is 5.79. The lowest BCUT2D eigenvalue weighted by Crippen LogP contribution is -3.11. The molecular formula is C17H20ClN2O3S2+. The van der Waals surface area contributed by atoms with Gasteiger partial charge in [0.2, 0.25) is 0 Å². The van der Waals surface area contributed by atoms with Crippen LogP contribution in [0.2, 0.25) is 4.34 Å². The van der Waals surface area contributed by atoms with Gasteiger partial charge in [0.05, 0.1) is 39.4 Å². The smallest absolute Gasteiger partial charge is 0.341 e. The average Bonchev–Trinajstić information content (AvgIpc) is 3.17. The molecule has 3 heterocycles. The van der Waals surface area contributed by atoms with Crippen molar-refractivity contribution in [1.29, 1.82) is 0 Å². The number of esters is 1. The van der Waals surface area contributed by atoms with Crippen molar-refractivity contribution in [1.82, 2.24) is 0 Å². The lowest BCUT2D eigenvalue weighted by atomic mass is 10.0. The molecule has 1 aliphatic rings. The van der Waals surface area contributed by atoms with Crippen LogP contribution >= 0.6 is 34.3 Å². The van der Waals surface area contributed by atoms with Crippen molar-refractivity contribution in [3.05, 3.63) is 37.4 Å². The molecule has 1 atom stereocenters. The number of amides is 1. The van der Waals surface area contributed by atoms with Gasteiger partial charge in [0, 0.05) is 6.42 Å². The maximum atomic E-state index is 12.5. The zero-order chi connectivity index (χ0) is 18.0. The topological polar surface area (TPSA) is 59.8 Å². The highest BCUT2D eigenvalue weighted by molar-refractivity contribution is 7.18.